The SMILES string of the molecule is CC.Cn1nc(C2CCC(=O)NC2=O)c2ccc(N3CCN(C(=O)OC(C)(C)C)CC3)cc21. The first-order valence-corrected chi connectivity index (χ1v) is 11.7. The molecule has 0 radical (unpaired) electrons. The molecule has 2 saturated heterocycles. The van der Waals surface area contributed by atoms with Crippen molar-refractivity contribution < 1.29 is 19.1 Å². The molecular weight excluding hydrogens is 422 g/mol. The highest BCUT2D eigenvalue weighted by atomic mass is 16.6. The van der Waals surface area contributed by atoms with Gasteiger partial charge < -0.3 is 14.5 Å². The van der Waals surface area contributed by atoms with Crippen LogP contribution < -0.4 is 10.2 Å². The minimum absolute atomic E-state index is 0.228. The van der Waals surface area contributed by atoms with Crippen LogP contribution in [0.1, 0.15) is 59.1 Å². The molecule has 180 valence electrons. The summed E-state index contributed by atoms with van der Waals surface area (Å²) >= 11 is 0. The van der Waals surface area contributed by atoms with Gasteiger partial charge in [-0.3, -0.25) is 19.6 Å². The molecule has 0 spiro atoms. The van der Waals surface area contributed by atoms with Gasteiger partial charge in [0.1, 0.15) is 5.60 Å². The van der Waals surface area contributed by atoms with Crippen LogP contribution in [0.2, 0.25) is 0 Å². The number of ether oxygens (including phenoxy) is 1. The van der Waals surface area contributed by atoms with Crippen molar-refractivity contribution in [2.24, 2.45) is 7.05 Å². The third-order valence-corrected chi connectivity index (χ3v) is 5.73. The molecular formula is C24H35N5O4. The zero-order valence-electron chi connectivity index (χ0n) is 20.5. The molecule has 2 aliphatic heterocycles. The maximum atomic E-state index is 12.3. The van der Waals surface area contributed by atoms with Crippen LogP contribution in [-0.2, 0) is 21.4 Å². The molecule has 2 aliphatic rings. The minimum atomic E-state index is -0.501. The summed E-state index contributed by atoms with van der Waals surface area (Å²) in [5.74, 6) is -0.919. The number of amides is 3. The van der Waals surface area contributed by atoms with Crippen LogP contribution in [0.15, 0.2) is 18.2 Å². The summed E-state index contributed by atoms with van der Waals surface area (Å²) in [5, 5.41) is 7.94. The van der Waals surface area contributed by atoms with Crippen molar-refractivity contribution in [2.45, 2.75) is 59.0 Å². The van der Waals surface area contributed by atoms with Crippen molar-refractivity contribution in [1.82, 2.24) is 20.0 Å². The number of aryl methyl sites for hydroxylation is 1. The first kappa shape index (κ1) is 24.5. The number of nitrogens with zero attached hydrogens (tertiary/aromatic N) is 4. The summed E-state index contributed by atoms with van der Waals surface area (Å²) < 4.78 is 7.26. The lowest BCUT2D eigenvalue weighted by Crippen LogP contribution is -2.50. The Morgan fingerprint density at radius 1 is 1.12 bits per heavy atom. The van der Waals surface area contributed by atoms with Crippen molar-refractivity contribution in [3.63, 3.8) is 0 Å². The first-order valence-electron chi connectivity index (χ1n) is 11.7. The number of anilines is 1. The molecule has 2 aromatic rings. The summed E-state index contributed by atoms with van der Waals surface area (Å²) in [5.41, 5.74) is 2.20. The fourth-order valence-corrected chi connectivity index (χ4v) is 4.16. The van der Waals surface area contributed by atoms with Gasteiger partial charge in [-0.15, -0.1) is 0 Å². The number of aromatic nitrogens is 2. The number of carbonyl (C=O) groups is 3. The maximum absolute atomic E-state index is 12.3. The Kier molecular flexibility index (Phi) is 7.29. The Bertz CT molecular complexity index is 1030. The van der Waals surface area contributed by atoms with Gasteiger partial charge in [-0.2, -0.15) is 5.10 Å². The monoisotopic (exact) mass is 457 g/mol. The van der Waals surface area contributed by atoms with Crippen LogP contribution >= 0.6 is 0 Å². The van der Waals surface area contributed by atoms with Gasteiger partial charge in [0.25, 0.3) is 0 Å². The van der Waals surface area contributed by atoms with Crippen LogP contribution in [0.3, 0.4) is 0 Å². The Hall–Kier alpha value is -3.10. The number of benzene rings is 1. The summed E-state index contributed by atoms with van der Waals surface area (Å²) in [6, 6.07) is 6.10. The average molecular weight is 458 g/mol. The molecule has 3 amide bonds. The fraction of sp³-hybridized carbons (Fsp3) is 0.583. The largest absolute Gasteiger partial charge is 0.444 e. The van der Waals surface area contributed by atoms with E-state index >= 15 is 0 Å². The molecule has 1 aromatic heterocycles. The van der Waals surface area contributed by atoms with Crippen molar-refractivity contribution >= 4 is 34.5 Å². The number of piperazine rings is 1. The van der Waals surface area contributed by atoms with Crippen molar-refractivity contribution in [3.05, 3.63) is 23.9 Å². The standard InChI is InChI=1S/C22H29N5O4.C2H6/c1-22(2,3)31-21(30)27-11-9-26(10-12-27)14-5-6-15-17(13-14)25(4)24-19(15)16-7-8-18(28)23-20(16)29;1-2/h5-6,13,16H,7-12H2,1-4H3,(H,23,28,29);1-2H3. The highest BCUT2D eigenvalue weighted by Gasteiger charge is 2.32. The summed E-state index contributed by atoms with van der Waals surface area (Å²) in [6.45, 7) is 12.2. The lowest BCUT2D eigenvalue weighted by Gasteiger charge is -2.36. The van der Waals surface area contributed by atoms with Gasteiger partial charge in [0.05, 0.1) is 17.1 Å². The van der Waals surface area contributed by atoms with Gasteiger partial charge in [0.2, 0.25) is 11.8 Å². The van der Waals surface area contributed by atoms with Crippen LogP contribution in [0, 0.1) is 0 Å². The van der Waals surface area contributed by atoms with E-state index in [4.69, 9.17) is 4.74 Å². The number of imide groups is 1. The molecule has 0 saturated carbocycles. The van der Waals surface area contributed by atoms with Crippen molar-refractivity contribution in [3.8, 4) is 0 Å². The topological polar surface area (TPSA) is 96.8 Å². The van der Waals surface area contributed by atoms with Gasteiger partial charge in [-0.1, -0.05) is 13.8 Å². The molecule has 1 aromatic carbocycles. The van der Waals surface area contributed by atoms with E-state index in [2.05, 4.69) is 21.4 Å². The molecule has 9 nitrogen and oxygen atoms in total. The first-order chi connectivity index (χ1) is 15.6. The minimum Gasteiger partial charge on any atom is -0.444 e. The zero-order valence-corrected chi connectivity index (χ0v) is 20.5. The molecule has 0 bridgehead atoms. The van der Waals surface area contributed by atoms with E-state index in [1.165, 1.54) is 0 Å². The Balaban J connectivity index is 0.00000149. The van der Waals surface area contributed by atoms with Gasteiger partial charge >= 0.3 is 6.09 Å². The quantitative estimate of drug-likeness (QED) is 0.696. The van der Waals surface area contributed by atoms with E-state index in [-0.39, 0.29) is 17.9 Å². The predicted molar refractivity (Wildman–Crippen MR) is 127 cm³/mol. The van der Waals surface area contributed by atoms with E-state index in [1.54, 1.807) is 9.58 Å². The van der Waals surface area contributed by atoms with Crippen LogP contribution in [0.25, 0.3) is 10.9 Å². The second-order valence-electron chi connectivity index (χ2n) is 9.17. The van der Waals surface area contributed by atoms with Gasteiger partial charge in [0.15, 0.2) is 0 Å². The number of hydrogen-bond donors (Lipinski definition) is 1. The number of fused-ring (bicyclic) bond motifs is 1. The number of rotatable bonds is 2. The molecule has 33 heavy (non-hydrogen) atoms. The highest BCUT2D eigenvalue weighted by molar-refractivity contribution is 6.02. The molecule has 1 unspecified atom stereocenters. The van der Waals surface area contributed by atoms with Gasteiger partial charge in [-0.05, 0) is 45.4 Å². The number of nitrogens with one attached hydrogen (secondary N) is 1. The van der Waals surface area contributed by atoms with E-state index in [9.17, 15) is 14.4 Å². The van der Waals surface area contributed by atoms with Crippen LogP contribution in [-0.4, -0.2) is 64.4 Å². The average Bonchev–Trinajstić information content (AvgIpc) is 3.10. The summed E-state index contributed by atoms with van der Waals surface area (Å²) in [4.78, 5) is 40.1. The lowest BCUT2D eigenvalue weighted by atomic mass is 9.93. The summed E-state index contributed by atoms with van der Waals surface area (Å²) in [7, 11) is 1.86. The van der Waals surface area contributed by atoms with Crippen molar-refractivity contribution in [2.75, 3.05) is 31.1 Å². The normalized spacial score (nSPS) is 19.2. The fourth-order valence-electron chi connectivity index (χ4n) is 4.16. The Morgan fingerprint density at radius 2 is 1.79 bits per heavy atom. The smallest absolute Gasteiger partial charge is 0.410 e. The molecule has 1 atom stereocenters. The third-order valence-electron chi connectivity index (χ3n) is 5.73. The third kappa shape index (κ3) is 5.46. The highest BCUT2D eigenvalue weighted by Crippen LogP contribution is 2.32. The number of piperidine rings is 1. The van der Waals surface area contributed by atoms with Gasteiger partial charge in [0, 0.05) is 50.7 Å². The molecule has 0 aliphatic carbocycles. The Labute approximate surface area is 195 Å². The van der Waals surface area contributed by atoms with E-state index in [1.807, 2.05) is 53.8 Å². The van der Waals surface area contributed by atoms with Gasteiger partial charge in [-0.25, -0.2) is 4.79 Å². The van der Waals surface area contributed by atoms with Crippen molar-refractivity contribution in [1.29, 1.82) is 0 Å². The van der Waals surface area contributed by atoms with Crippen LogP contribution in [0.4, 0.5) is 10.5 Å². The second kappa shape index (κ2) is 9.80. The Morgan fingerprint density at radius 3 is 2.39 bits per heavy atom. The van der Waals surface area contributed by atoms with E-state index < -0.39 is 11.5 Å². The lowest BCUT2D eigenvalue weighted by molar-refractivity contribution is -0.134. The second-order valence-corrected chi connectivity index (χ2v) is 9.17. The maximum Gasteiger partial charge on any atom is 0.410 e. The molecule has 4 rings (SSSR count). The van der Waals surface area contributed by atoms with E-state index in [0.29, 0.717) is 44.7 Å². The predicted octanol–water partition coefficient (Wildman–Crippen LogP) is 3.18. The van der Waals surface area contributed by atoms with Crippen LogP contribution in [0.5, 0.6) is 0 Å². The number of carbonyl (C=O) groups excluding carboxylic acids is 3. The molecule has 2 fully saturated rings. The summed E-state index contributed by atoms with van der Waals surface area (Å²) in [6.07, 6.45) is 0.530. The zero-order chi connectivity index (χ0) is 24.3. The molecule has 1 N–H and O–H groups in total. The van der Waals surface area contributed by atoms with E-state index in [0.717, 1.165) is 16.6 Å². The molecule has 3 heterocycles. The molecule has 9 heteroatoms. The number of hydrogen-bond acceptors (Lipinski definition) is 6.